The molecule has 27 heavy (non-hydrogen) atoms. The van der Waals surface area contributed by atoms with Crippen LogP contribution in [0.4, 0.5) is 0 Å². The first-order valence-electron chi connectivity index (χ1n) is 9.51. The molecule has 0 fully saturated rings. The van der Waals surface area contributed by atoms with Crippen LogP contribution in [0.3, 0.4) is 0 Å². The highest BCUT2D eigenvalue weighted by molar-refractivity contribution is 7.98. The summed E-state index contributed by atoms with van der Waals surface area (Å²) in [6.45, 7) is 2.93. The number of H-pyrrole nitrogens is 1. The maximum Gasteiger partial charge on any atom is 0.270 e. The molecule has 0 amide bonds. The minimum atomic E-state index is -0.411. The second kappa shape index (κ2) is 11.5. The van der Waals surface area contributed by atoms with Crippen molar-refractivity contribution in [3.05, 3.63) is 40.2 Å². The highest BCUT2D eigenvalue weighted by Crippen LogP contribution is 2.24. The Morgan fingerprint density at radius 3 is 2.41 bits per heavy atom. The van der Waals surface area contributed by atoms with Crippen LogP contribution in [0.25, 0.3) is 11.3 Å². The minimum Gasteiger partial charge on any atom is -0.494 e. The molecule has 5 nitrogen and oxygen atoms in total. The monoisotopic (exact) mass is 385 g/mol. The number of hydrogen-bond donors (Lipinski definition) is 1. The number of rotatable bonds is 11. The highest BCUT2D eigenvalue weighted by atomic mass is 32.2. The molecule has 0 bridgehead atoms. The highest BCUT2D eigenvalue weighted by Gasteiger charge is 2.13. The van der Waals surface area contributed by atoms with Gasteiger partial charge in [0.25, 0.3) is 5.56 Å². The van der Waals surface area contributed by atoms with Crippen LogP contribution in [0.2, 0.25) is 0 Å². The molecule has 0 aliphatic heterocycles. The number of aromatic nitrogens is 2. The van der Waals surface area contributed by atoms with Gasteiger partial charge in [-0.1, -0.05) is 57.2 Å². The average Bonchev–Trinajstić information content (AvgIpc) is 2.69. The van der Waals surface area contributed by atoms with Gasteiger partial charge >= 0.3 is 0 Å². The largest absolute Gasteiger partial charge is 0.494 e. The quantitative estimate of drug-likeness (QED) is 0.328. The molecule has 2 aromatic rings. The van der Waals surface area contributed by atoms with Gasteiger partial charge in [0.1, 0.15) is 17.4 Å². The van der Waals surface area contributed by atoms with Crippen LogP contribution in [0.15, 0.2) is 34.2 Å². The van der Waals surface area contributed by atoms with Crippen LogP contribution in [-0.2, 0) is 0 Å². The molecule has 2 rings (SSSR count). The summed E-state index contributed by atoms with van der Waals surface area (Å²) in [6, 6.07) is 9.35. The summed E-state index contributed by atoms with van der Waals surface area (Å²) in [6.07, 6.45) is 10.6. The number of nitrogens with one attached hydrogen (secondary N) is 1. The summed E-state index contributed by atoms with van der Waals surface area (Å²) in [5.74, 6) is 0.790. The fraction of sp³-hybridized carbons (Fsp3) is 0.476. The molecule has 0 aliphatic rings. The smallest absolute Gasteiger partial charge is 0.270 e. The molecule has 1 heterocycles. The molecule has 0 saturated carbocycles. The lowest BCUT2D eigenvalue weighted by Crippen LogP contribution is -2.14. The maximum absolute atomic E-state index is 12.0. The third kappa shape index (κ3) is 6.44. The van der Waals surface area contributed by atoms with Gasteiger partial charge in [-0.3, -0.25) is 4.79 Å². The van der Waals surface area contributed by atoms with Gasteiger partial charge in [-0.05, 0) is 36.9 Å². The summed E-state index contributed by atoms with van der Waals surface area (Å²) in [5.41, 5.74) is 0.760. The Kier molecular flexibility index (Phi) is 8.93. The fourth-order valence-electron chi connectivity index (χ4n) is 2.82. The van der Waals surface area contributed by atoms with E-state index in [0.29, 0.717) is 17.5 Å². The predicted octanol–water partition coefficient (Wildman–Crippen LogP) is 5.16. The summed E-state index contributed by atoms with van der Waals surface area (Å²) in [5, 5.41) is 9.77. The van der Waals surface area contributed by atoms with Gasteiger partial charge in [-0.2, -0.15) is 5.26 Å². The third-order valence-corrected chi connectivity index (χ3v) is 4.93. The molecule has 0 radical (unpaired) electrons. The molecule has 0 atom stereocenters. The van der Waals surface area contributed by atoms with Crippen molar-refractivity contribution < 1.29 is 4.74 Å². The summed E-state index contributed by atoms with van der Waals surface area (Å²) in [7, 11) is 0. The van der Waals surface area contributed by atoms with E-state index in [9.17, 15) is 10.1 Å². The Morgan fingerprint density at radius 1 is 1.11 bits per heavy atom. The van der Waals surface area contributed by atoms with Crippen molar-refractivity contribution in [1.82, 2.24) is 9.97 Å². The number of benzene rings is 1. The summed E-state index contributed by atoms with van der Waals surface area (Å²) >= 11 is 1.34. The second-order valence-corrected chi connectivity index (χ2v) is 7.20. The number of aromatic amines is 1. The normalized spacial score (nSPS) is 10.6. The first-order valence-corrected chi connectivity index (χ1v) is 10.7. The fourth-order valence-corrected chi connectivity index (χ4v) is 3.20. The van der Waals surface area contributed by atoms with Crippen molar-refractivity contribution >= 4 is 11.8 Å². The van der Waals surface area contributed by atoms with Gasteiger partial charge in [-0.15, -0.1) is 0 Å². The zero-order chi connectivity index (χ0) is 19.5. The molecule has 1 aromatic carbocycles. The maximum atomic E-state index is 12.0. The lowest BCUT2D eigenvalue weighted by atomic mass is 10.1. The van der Waals surface area contributed by atoms with Gasteiger partial charge in [0.05, 0.1) is 12.3 Å². The third-order valence-electron chi connectivity index (χ3n) is 4.35. The van der Waals surface area contributed by atoms with Crippen LogP contribution in [0, 0.1) is 11.3 Å². The van der Waals surface area contributed by atoms with E-state index in [2.05, 4.69) is 16.9 Å². The Balaban J connectivity index is 1.91. The predicted molar refractivity (Wildman–Crippen MR) is 110 cm³/mol. The van der Waals surface area contributed by atoms with Crippen molar-refractivity contribution in [3.63, 3.8) is 0 Å². The van der Waals surface area contributed by atoms with Crippen molar-refractivity contribution in [1.29, 1.82) is 5.26 Å². The zero-order valence-corrected chi connectivity index (χ0v) is 16.9. The van der Waals surface area contributed by atoms with E-state index in [-0.39, 0.29) is 5.56 Å². The molecular weight excluding hydrogens is 358 g/mol. The molecule has 144 valence electrons. The van der Waals surface area contributed by atoms with Crippen LogP contribution in [0.5, 0.6) is 5.75 Å². The van der Waals surface area contributed by atoms with E-state index in [4.69, 9.17) is 4.74 Å². The number of unbranched alkanes of at least 4 members (excludes halogenated alkanes) is 6. The summed E-state index contributed by atoms with van der Waals surface area (Å²) < 4.78 is 5.79. The molecule has 0 unspecified atom stereocenters. The number of nitriles is 1. The van der Waals surface area contributed by atoms with Crippen molar-refractivity contribution in [2.24, 2.45) is 0 Å². The second-order valence-electron chi connectivity index (χ2n) is 6.40. The van der Waals surface area contributed by atoms with Gasteiger partial charge in [0.15, 0.2) is 5.16 Å². The molecule has 0 saturated heterocycles. The first kappa shape index (κ1) is 21.0. The number of ether oxygens (including phenoxy) is 1. The Hall–Kier alpha value is -2.26. The first-order chi connectivity index (χ1) is 13.2. The Bertz CT molecular complexity index is 810. The van der Waals surface area contributed by atoms with Crippen LogP contribution in [0.1, 0.15) is 57.4 Å². The lowest BCUT2D eigenvalue weighted by molar-refractivity contribution is 0.304. The van der Waals surface area contributed by atoms with Gasteiger partial charge < -0.3 is 9.72 Å². The molecule has 1 N–H and O–H groups in total. The van der Waals surface area contributed by atoms with Crippen LogP contribution in [-0.4, -0.2) is 22.8 Å². The van der Waals surface area contributed by atoms with E-state index < -0.39 is 5.56 Å². The molecule has 0 aliphatic carbocycles. The van der Waals surface area contributed by atoms with Gasteiger partial charge in [-0.25, -0.2) is 4.98 Å². The van der Waals surface area contributed by atoms with E-state index in [1.165, 1.54) is 50.3 Å². The number of thioether (sulfide) groups is 1. The molecule has 0 spiro atoms. The van der Waals surface area contributed by atoms with Crippen LogP contribution < -0.4 is 10.3 Å². The van der Waals surface area contributed by atoms with E-state index in [1.54, 1.807) is 0 Å². The summed E-state index contributed by atoms with van der Waals surface area (Å²) in [4.78, 5) is 19.0. The molecular formula is C21H27N3O2S. The minimum absolute atomic E-state index is 0.0320. The average molecular weight is 386 g/mol. The SMILES string of the molecule is CCCCCCCCCOc1ccc(-c2nc(SC)[nH]c(=O)c2C#N)cc1. The standard InChI is InChI=1S/C21H27N3O2S/c1-3-4-5-6-7-8-9-14-26-17-12-10-16(11-13-17)19-18(15-22)20(25)24-21(23-19)27-2/h10-13H,3-9,14H2,1-2H3,(H,23,24,25). The van der Waals surface area contributed by atoms with Gasteiger partial charge in [0, 0.05) is 5.56 Å². The topological polar surface area (TPSA) is 78.8 Å². The van der Waals surface area contributed by atoms with E-state index in [1.807, 2.05) is 36.6 Å². The number of nitrogens with zero attached hydrogens (tertiary/aromatic N) is 2. The molecule has 1 aromatic heterocycles. The lowest BCUT2D eigenvalue weighted by Gasteiger charge is -2.08. The van der Waals surface area contributed by atoms with Crippen molar-refractivity contribution in [3.8, 4) is 23.1 Å². The van der Waals surface area contributed by atoms with E-state index in [0.717, 1.165) is 17.7 Å². The van der Waals surface area contributed by atoms with Crippen molar-refractivity contribution in [2.45, 2.75) is 57.0 Å². The zero-order valence-electron chi connectivity index (χ0n) is 16.1. The Morgan fingerprint density at radius 2 is 1.78 bits per heavy atom. The molecule has 6 heteroatoms. The Labute approximate surface area is 165 Å². The van der Waals surface area contributed by atoms with Gasteiger partial charge in [0.2, 0.25) is 0 Å². The van der Waals surface area contributed by atoms with Crippen LogP contribution >= 0.6 is 11.8 Å². The number of hydrogen-bond acceptors (Lipinski definition) is 5. The van der Waals surface area contributed by atoms with E-state index >= 15 is 0 Å². The van der Waals surface area contributed by atoms with Crippen molar-refractivity contribution in [2.75, 3.05) is 12.9 Å².